The zero-order chi connectivity index (χ0) is 6.57. The molecule has 0 spiro atoms. The third kappa shape index (κ3) is 3.74. The molecule has 1 atom stereocenters. The molecule has 0 aromatic heterocycles. The van der Waals surface area contributed by atoms with Crippen LogP contribution in [0.3, 0.4) is 0 Å². The lowest BCUT2D eigenvalue weighted by Crippen LogP contribution is -2.07. The normalized spacial score (nSPS) is 12.6. The van der Waals surface area contributed by atoms with Crippen LogP contribution in [0, 0.1) is 5.41 Å². The average molecular weight is 130 g/mol. The van der Waals surface area contributed by atoms with E-state index in [9.17, 15) is 0 Å². The van der Waals surface area contributed by atoms with Crippen LogP contribution in [0.1, 0.15) is 6.92 Å². The summed E-state index contributed by atoms with van der Waals surface area (Å²) in [7, 11) is 0. The van der Waals surface area contributed by atoms with Gasteiger partial charge in [-0.15, -0.1) is 6.58 Å². The van der Waals surface area contributed by atoms with Crippen molar-refractivity contribution in [2.75, 3.05) is 0 Å². The molecule has 0 fully saturated rings. The van der Waals surface area contributed by atoms with Gasteiger partial charge in [-0.25, -0.2) is 0 Å². The minimum absolute atomic E-state index is 0.150. The molecule has 0 amide bonds. The van der Waals surface area contributed by atoms with Crippen molar-refractivity contribution in [3.8, 4) is 0 Å². The Morgan fingerprint density at radius 1 is 2.00 bits per heavy atom. The van der Waals surface area contributed by atoms with E-state index in [1.54, 1.807) is 6.08 Å². The predicted octanol–water partition coefficient (Wildman–Crippen LogP) is 1.19. The highest BCUT2D eigenvalue weighted by molar-refractivity contribution is 8.14. The van der Waals surface area contributed by atoms with Crippen molar-refractivity contribution < 1.29 is 0 Å². The lowest BCUT2D eigenvalue weighted by Gasteiger charge is -1.99. The first-order chi connectivity index (χ1) is 3.66. The first-order valence-corrected chi connectivity index (χ1v) is 3.18. The van der Waals surface area contributed by atoms with E-state index < -0.39 is 0 Å². The van der Waals surface area contributed by atoms with Gasteiger partial charge in [0.2, 0.25) is 0 Å². The van der Waals surface area contributed by atoms with Gasteiger partial charge in [0.15, 0.2) is 5.17 Å². The van der Waals surface area contributed by atoms with Crippen LogP contribution < -0.4 is 5.73 Å². The summed E-state index contributed by atoms with van der Waals surface area (Å²) < 4.78 is 0. The van der Waals surface area contributed by atoms with E-state index in [1.165, 1.54) is 11.8 Å². The fourth-order valence-electron chi connectivity index (χ4n) is 0.248. The second kappa shape index (κ2) is 3.55. The number of nitrogens with two attached hydrogens (primary N) is 1. The maximum atomic E-state index is 6.82. The standard InChI is InChI=1S/C5H10N2S/c1-3-4(2)8-5(6)7/h3-4H,1H2,2H3,(H3,6,7). The lowest BCUT2D eigenvalue weighted by molar-refractivity contribution is 1.26. The highest BCUT2D eigenvalue weighted by Gasteiger charge is 1.95. The fraction of sp³-hybridized carbons (Fsp3) is 0.400. The number of hydrogen-bond acceptors (Lipinski definition) is 2. The van der Waals surface area contributed by atoms with Crippen LogP contribution in [-0.2, 0) is 0 Å². The topological polar surface area (TPSA) is 49.9 Å². The summed E-state index contributed by atoms with van der Waals surface area (Å²) in [6.45, 7) is 5.48. The van der Waals surface area contributed by atoms with E-state index in [-0.39, 0.29) is 10.4 Å². The maximum absolute atomic E-state index is 6.82. The lowest BCUT2D eigenvalue weighted by atomic mass is 10.5. The molecule has 2 nitrogen and oxygen atoms in total. The van der Waals surface area contributed by atoms with Gasteiger partial charge in [-0.2, -0.15) is 0 Å². The van der Waals surface area contributed by atoms with Crippen molar-refractivity contribution in [1.29, 1.82) is 5.41 Å². The van der Waals surface area contributed by atoms with Gasteiger partial charge in [0, 0.05) is 5.25 Å². The molecule has 0 aromatic carbocycles. The summed E-state index contributed by atoms with van der Waals surface area (Å²) in [5.74, 6) is 0. The number of rotatable bonds is 2. The van der Waals surface area contributed by atoms with Crippen LogP contribution in [0.25, 0.3) is 0 Å². The zero-order valence-electron chi connectivity index (χ0n) is 4.85. The Bertz CT molecular complexity index is 101. The Kier molecular flexibility index (Phi) is 3.35. The fourth-order valence-corrected chi connectivity index (χ4v) is 0.745. The van der Waals surface area contributed by atoms with Gasteiger partial charge in [0.25, 0.3) is 0 Å². The highest BCUT2D eigenvalue weighted by Crippen LogP contribution is 2.08. The van der Waals surface area contributed by atoms with Gasteiger partial charge in [-0.05, 0) is 6.92 Å². The molecule has 3 N–H and O–H groups in total. The maximum Gasteiger partial charge on any atom is 0.151 e. The quantitative estimate of drug-likeness (QED) is 0.335. The second-order valence-electron chi connectivity index (χ2n) is 1.42. The molecule has 0 aromatic rings. The number of hydrogen-bond donors (Lipinski definition) is 2. The molecule has 1 unspecified atom stereocenters. The Morgan fingerprint density at radius 3 is 2.62 bits per heavy atom. The Morgan fingerprint density at radius 2 is 2.50 bits per heavy atom. The molecule has 0 aliphatic heterocycles. The SMILES string of the molecule is C=CC(C)SC(=N)N. The number of nitrogens with one attached hydrogen (secondary N) is 1. The van der Waals surface area contributed by atoms with Gasteiger partial charge in [0.05, 0.1) is 0 Å². The van der Waals surface area contributed by atoms with Crippen molar-refractivity contribution in [1.82, 2.24) is 0 Å². The number of amidine groups is 1. The molecule has 0 aliphatic rings. The molecule has 0 aliphatic carbocycles. The van der Waals surface area contributed by atoms with E-state index in [0.29, 0.717) is 0 Å². The highest BCUT2D eigenvalue weighted by atomic mass is 32.2. The Labute approximate surface area is 53.7 Å². The summed E-state index contributed by atoms with van der Waals surface area (Å²) in [4.78, 5) is 0. The third-order valence-corrected chi connectivity index (χ3v) is 1.46. The van der Waals surface area contributed by atoms with Crippen LogP contribution in [0.2, 0.25) is 0 Å². The van der Waals surface area contributed by atoms with Gasteiger partial charge < -0.3 is 5.73 Å². The van der Waals surface area contributed by atoms with E-state index in [2.05, 4.69) is 6.58 Å². The minimum atomic E-state index is 0.150. The largest absolute Gasteiger partial charge is 0.379 e. The second-order valence-corrected chi connectivity index (χ2v) is 2.84. The molecular weight excluding hydrogens is 120 g/mol. The van der Waals surface area contributed by atoms with Crippen LogP contribution >= 0.6 is 11.8 Å². The van der Waals surface area contributed by atoms with Gasteiger partial charge in [0.1, 0.15) is 0 Å². The molecule has 8 heavy (non-hydrogen) atoms. The van der Waals surface area contributed by atoms with Crippen molar-refractivity contribution in [3.05, 3.63) is 12.7 Å². The summed E-state index contributed by atoms with van der Waals surface area (Å²) in [6, 6.07) is 0. The van der Waals surface area contributed by atoms with E-state index in [1.807, 2.05) is 6.92 Å². The molecule has 46 valence electrons. The monoisotopic (exact) mass is 130 g/mol. The summed E-state index contributed by atoms with van der Waals surface area (Å²) in [5.41, 5.74) is 5.07. The van der Waals surface area contributed by atoms with Gasteiger partial charge >= 0.3 is 0 Å². The predicted molar refractivity (Wildman–Crippen MR) is 39.2 cm³/mol. The average Bonchev–Trinajstić information content (AvgIpc) is 1.65. The van der Waals surface area contributed by atoms with Gasteiger partial charge in [-0.1, -0.05) is 17.8 Å². The van der Waals surface area contributed by atoms with Crippen molar-refractivity contribution in [2.45, 2.75) is 12.2 Å². The molecule has 0 rings (SSSR count). The summed E-state index contributed by atoms with van der Waals surface area (Å²) >= 11 is 1.30. The Balaban J connectivity index is 3.38. The molecule has 0 bridgehead atoms. The molecule has 0 saturated heterocycles. The smallest absolute Gasteiger partial charge is 0.151 e. The first kappa shape index (κ1) is 7.56. The Hall–Kier alpha value is -0.440. The molecule has 0 radical (unpaired) electrons. The van der Waals surface area contributed by atoms with E-state index in [4.69, 9.17) is 11.1 Å². The third-order valence-electron chi connectivity index (χ3n) is 0.645. The van der Waals surface area contributed by atoms with Crippen LogP contribution in [0.15, 0.2) is 12.7 Å². The van der Waals surface area contributed by atoms with Crippen molar-refractivity contribution in [2.24, 2.45) is 5.73 Å². The summed E-state index contributed by atoms with van der Waals surface area (Å²) in [6.07, 6.45) is 1.76. The minimum Gasteiger partial charge on any atom is -0.379 e. The zero-order valence-corrected chi connectivity index (χ0v) is 5.66. The van der Waals surface area contributed by atoms with Crippen molar-refractivity contribution >= 4 is 16.9 Å². The van der Waals surface area contributed by atoms with Crippen LogP contribution in [0.4, 0.5) is 0 Å². The molecular formula is C5H10N2S. The molecule has 0 saturated carbocycles. The molecule has 3 heteroatoms. The summed E-state index contributed by atoms with van der Waals surface area (Å²) in [5, 5.41) is 7.23. The van der Waals surface area contributed by atoms with Crippen LogP contribution in [0.5, 0.6) is 0 Å². The van der Waals surface area contributed by atoms with E-state index in [0.717, 1.165) is 0 Å². The number of thioether (sulfide) groups is 1. The van der Waals surface area contributed by atoms with E-state index >= 15 is 0 Å². The van der Waals surface area contributed by atoms with Crippen molar-refractivity contribution in [3.63, 3.8) is 0 Å². The first-order valence-electron chi connectivity index (χ1n) is 2.30. The molecule has 0 heterocycles. The van der Waals surface area contributed by atoms with Gasteiger partial charge in [-0.3, -0.25) is 5.41 Å². The van der Waals surface area contributed by atoms with Crippen LogP contribution in [-0.4, -0.2) is 10.4 Å².